The average molecular weight is 429 g/mol. The van der Waals surface area contributed by atoms with Gasteiger partial charge in [0.2, 0.25) is 11.8 Å². The molecule has 30 heavy (non-hydrogen) atoms. The van der Waals surface area contributed by atoms with Gasteiger partial charge < -0.3 is 15.0 Å². The fraction of sp³-hybridized carbons (Fsp3) is 0.417. The van der Waals surface area contributed by atoms with Crippen LogP contribution in [-0.4, -0.2) is 41.2 Å². The van der Waals surface area contributed by atoms with Gasteiger partial charge in [-0.1, -0.05) is 30.3 Å². The van der Waals surface area contributed by atoms with E-state index in [1.807, 2.05) is 75.4 Å². The lowest BCUT2D eigenvalue weighted by atomic mass is 10.1. The molecule has 0 heterocycles. The summed E-state index contributed by atoms with van der Waals surface area (Å²) in [6.45, 7) is 7.93. The smallest absolute Gasteiger partial charge is 0.242 e. The Kier molecular flexibility index (Phi) is 8.78. The van der Waals surface area contributed by atoms with Gasteiger partial charge in [-0.2, -0.15) is 0 Å². The molecule has 2 aromatic carbocycles. The second kappa shape index (κ2) is 11.1. The lowest BCUT2D eigenvalue weighted by Gasteiger charge is -2.31. The van der Waals surface area contributed by atoms with Crippen molar-refractivity contribution >= 4 is 23.6 Å². The van der Waals surface area contributed by atoms with E-state index in [0.29, 0.717) is 18.7 Å². The van der Waals surface area contributed by atoms with Crippen LogP contribution in [0, 0.1) is 0 Å². The first kappa shape index (κ1) is 23.8. The van der Waals surface area contributed by atoms with Crippen LogP contribution in [0.25, 0.3) is 0 Å². The zero-order chi connectivity index (χ0) is 22.1. The van der Waals surface area contributed by atoms with Crippen molar-refractivity contribution < 1.29 is 14.3 Å². The standard InChI is InChI=1S/C24H32N2O3S/c1-18(23(28)25-24(2,3)4)26(17-19-10-9-11-20(16-19)29-5)22(27)14-15-30-21-12-7-6-8-13-21/h6-13,16,18H,14-15,17H2,1-5H3,(H,25,28)/t18-/m1/s1. The van der Waals surface area contributed by atoms with Gasteiger partial charge in [0.15, 0.2) is 0 Å². The molecule has 5 nitrogen and oxygen atoms in total. The maximum atomic E-state index is 13.1. The topological polar surface area (TPSA) is 58.6 Å². The Morgan fingerprint density at radius 1 is 1.10 bits per heavy atom. The predicted molar refractivity (Wildman–Crippen MR) is 123 cm³/mol. The Morgan fingerprint density at radius 2 is 1.80 bits per heavy atom. The van der Waals surface area contributed by atoms with Gasteiger partial charge in [-0.15, -0.1) is 11.8 Å². The SMILES string of the molecule is COc1cccc(CN(C(=O)CCSc2ccccc2)[C@H](C)C(=O)NC(C)(C)C)c1. The van der Waals surface area contributed by atoms with Crippen molar-refractivity contribution in [3.63, 3.8) is 0 Å². The summed E-state index contributed by atoms with van der Waals surface area (Å²) in [4.78, 5) is 28.7. The fourth-order valence-electron chi connectivity index (χ4n) is 2.94. The number of ether oxygens (including phenoxy) is 1. The molecule has 1 N–H and O–H groups in total. The van der Waals surface area contributed by atoms with Crippen molar-refractivity contribution in [2.24, 2.45) is 0 Å². The molecular formula is C24H32N2O3S. The number of hydrogen-bond acceptors (Lipinski definition) is 4. The molecule has 162 valence electrons. The maximum Gasteiger partial charge on any atom is 0.242 e. The third kappa shape index (κ3) is 7.75. The number of amides is 2. The number of thioether (sulfide) groups is 1. The zero-order valence-corrected chi connectivity index (χ0v) is 19.3. The molecule has 0 aliphatic heterocycles. The molecule has 0 bridgehead atoms. The van der Waals surface area contributed by atoms with Crippen LogP contribution < -0.4 is 10.1 Å². The van der Waals surface area contributed by atoms with Crippen molar-refractivity contribution in [3.8, 4) is 5.75 Å². The summed E-state index contributed by atoms with van der Waals surface area (Å²) >= 11 is 1.64. The Labute approximate surface area is 184 Å². The van der Waals surface area contributed by atoms with Crippen LogP contribution in [0.15, 0.2) is 59.5 Å². The van der Waals surface area contributed by atoms with Crippen LogP contribution in [0.3, 0.4) is 0 Å². The largest absolute Gasteiger partial charge is 0.497 e. The minimum atomic E-state index is -0.579. The van der Waals surface area contributed by atoms with Gasteiger partial charge in [0.25, 0.3) is 0 Å². The Balaban J connectivity index is 2.12. The van der Waals surface area contributed by atoms with Gasteiger partial charge in [-0.3, -0.25) is 9.59 Å². The lowest BCUT2D eigenvalue weighted by molar-refractivity contribution is -0.140. The van der Waals surface area contributed by atoms with Crippen LogP contribution in [0.5, 0.6) is 5.75 Å². The first-order chi connectivity index (χ1) is 14.2. The number of carbonyl (C=O) groups is 2. The van der Waals surface area contributed by atoms with Crippen molar-refractivity contribution in [2.75, 3.05) is 12.9 Å². The second-order valence-corrected chi connectivity index (χ2v) is 9.37. The monoisotopic (exact) mass is 428 g/mol. The van der Waals surface area contributed by atoms with Gasteiger partial charge >= 0.3 is 0 Å². The van der Waals surface area contributed by atoms with Crippen LogP contribution in [0.2, 0.25) is 0 Å². The summed E-state index contributed by atoms with van der Waals surface area (Å²) < 4.78 is 5.30. The van der Waals surface area contributed by atoms with Gasteiger partial charge in [0, 0.05) is 29.2 Å². The summed E-state index contributed by atoms with van der Waals surface area (Å²) in [6.07, 6.45) is 0.358. The molecule has 2 amide bonds. The molecule has 0 fully saturated rings. The Hall–Kier alpha value is -2.47. The first-order valence-corrected chi connectivity index (χ1v) is 11.1. The molecule has 0 radical (unpaired) electrons. The lowest BCUT2D eigenvalue weighted by Crippen LogP contribution is -2.52. The van der Waals surface area contributed by atoms with E-state index in [1.165, 1.54) is 0 Å². The molecule has 0 aliphatic rings. The van der Waals surface area contributed by atoms with E-state index in [4.69, 9.17) is 4.74 Å². The predicted octanol–water partition coefficient (Wildman–Crippen LogP) is 4.51. The number of methoxy groups -OCH3 is 1. The normalized spacial score (nSPS) is 12.2. The first-order valence-electron chi connectivity index (χ1n) is 10.1. The summed E-state index contributed by atoms with van der Waals surface area (Å²) in [5, 5.41) is 2.98. The molecule has 0 aromatic heterocycles. The number of nitrogens with zero attached hydrogens (tertiary/aromatic N) is 1. The maximum absolute atomic E-state index is 13.1. The summed E-state index contributed by atoms with van der Waals surface area (Å²) in [5.41, 5.74) is 0.563. The van der Waals surface area contributed by atoms with E-state index >= 15 is 0 Å². The average Bonchev–Trinajstić information content (AvgIpc) is 2.71. The molecule has 0 saturated carbocycles. The molecule has 2 rings (SSSR count). The fourth-order valence-corrected chi connectivity index (χ4v) is 3.80. The third-order valence-electron chi connectivity index (χ3n) is 4.48. The number of hydrogen-bond donors (Lipinski definition) is 1. The Morgan fingerprint density at radius 3 is 2.43 bits per heavy atom. The van der Waals surface area contributed by atoms with E-state index in [0.717, 1.165) is 16.2 Å². The molecule has 0 saturated heterocycles. The second-order valence-electron chi connectivity index (χ2n) is 8.20. The van der Waals surface area contributed by atoms with Gasteiger partial charge in [-0.25, -0.2) is 0 Å². The van der Waals surface area contributed by atoms with E-state index in [9.17, 15) is 9.59 Å². The molecule has 1 atom stereocenters. The highest BCUT2D eigenvalue weighted by molar-refractivity contribution is 7.99. The van der Waals surface area contributed by atoms with E-state index < -0.39 is 6.04 Å². The molecular weight excluding hydrogens is 396 g/mol. The number of carbonyl (C=O) groups excluding carboxylic acids is 2. The van der Waals surface area contributed by atoms with Gasteiger partial charge in [0.1, 0.15) is 11.8 Å². The van der Waals surface area contributed by atoms with Gasteiger partial charge in [-0.05, 0) is 57.5 Å². The highest BCUT2D eigenvalue weighted by Crippen LogP contribution is 2.20. The molecule has 0 unspecified atom stereocenters. The minimum absolute atomic E-state index is 0.0437. The van der Waals surface area contributed by atoms with E-state index in [-0.39, 0.29) is 17.4 Å². The minimum Gasteiger partial charge on any atom is -0.497 e. The van der Waals surface area contributed by atoms with E-state index in [1.54, 1.807) is 30.7 Å². The molecule has 0 aliphatic carbocycles. The number of benzene rings is 2. The number of rotatable bonds is 9. The number of nitrogens with one attached hydrogen (secondary N) is 1. The van der Waals surface area contributed by atoms with Crippen LogP contribution in [-0.2, 0) is 16.1 Å². The summed E-state index contributed by atoms with van der Waals surface area (Å²) in [6, 6.07) is 17.0. The van der Waals surface area contributed by atoms with Crippen molar-refractivity contribution in [1.29, 1.82) is 0 Å². The van der Waals surface area contributed by atoms with Crippen LogP contribution >= 0.6 is 11.8 Å². The quantitative estimate of drug-likeness (QED) is 0.597. The zero-order valence-electron chi connectivity index (χ0n) is 18.5. The van der Waals surface area contributed by atoms with Crippen LogP contribution in [0.1, 0.15) is 39.7 Å². The van der Waals surface area contributed by atoms with E-state index in [2.05, 4.69) is 5.32 Å². The van der Waals surface area contributed by atoms with Crippen molar-refractivity contribution in [2.45, 2.75) is 57.1 Å². The summed E-state index contributed by atoms with van der Waals surface area (Å²) in [7, 11) is 1.61. The van der Waals surface area contributed by atoms with Crippen LogP contribution in [0.4, 0.5) is 0 Å². The van der Waals surface area contributed by atoms with Crippen molar-refractivity contribution in [1.82, 2.24) is 10.2 Å². The molecule has 2 aromatic rings. The third-order valence-corrected chi connectivity index (χ3v) is 5.49. The molecule has 0 spiro atoms. The van der Waals surface area contributed by atoms with Gasteiger partial charge in [0.05, 0.1) is 7.11 Å². The summed E-state index contributed by atoms with van der Waals surface area (Å²) in [5.74, 6) is 1.18. The molecule has 6 heteroatoms. The Bertz CT molecular complexity index is 834. The highest BCUT2D eigenvalue weighted by Gasteiger charge is 2.28. The highest BCUT2D eigenvalue weighted by atomic mass is 32.2. The van der Waals surface area contributed by atoms with Crippen molar-refractivity contribution in [3.05, 3.63) is 60.2 Å².